The van der Waals surface area contributed by atoms with Crippen molar-refractivity contribution < 1.29 is 8.42 Å². The monoisotopic (exact) mass is 280 g/mol. The van der Waals surface area contributed by atoms with Gasteiger partial charge in [-0.25, -0.2) is 13.1 Å². The number of nitrogen functional groups attached to an aromatic ring is 1. The van der Waals surface area contributed by atoms with Crippen LogP contribution in [0.3, 0.4) is 0 Å². The summed E-state index contributed by atoms with van der Waals surface area (Å²) in [6, 6.07) is 9.66. The van der Waals surface area contributed by atoms with Gasteiger partial charge in [0.2, 0.25) is 10.0 Å². The number of aromatic nitrogens is 2. The third kappa shape index (κ3) is 3.12. The number of rotatable bonds is 5. The molecule has 2 rings (SSSR count). The van der Waals surface area contributed by atoms with Gasteiger partial charge in [0.05, 0.1) is 6.20 Å². The van der Waals surface area contributed by atoms with E-state index in [2.05, 4.69) is 9.82 Å². The van der Waals surface area contributed by atoms with Crippen LogP contribution in [0.15, 0.2) is 41.4 Å². The van der Waals surface area contributed by atoms with Crippen LogP contribution in [0.1, 0.15) is 5.56 Å². The second-order valence-electron chi connectivity index (χ2n) is 4.15. The van der Waals surface area contributed by atoms with E-state index in [4.69, 9.17) is 5.73 Å². The summed E-state index contributed by atoms with van der Waals surface area (Å²) >= 11 is 0. The van der Waals surface area contributed by atoms with Crippen molar-refractivity contribution in [2.24, 2.45) is 7.05 Å². The number of aryl methyl sites for hydroxylation is 1. The third-order valence-electron chi connectivity index (χ3n) is 2.79. The molecule has 0 saturated heterocycles. The molecule has 2 aromatic rings. The van der Waals surface area contributed by atoms with Gasteiger partial charge in [0.1, 0.15) is 10.7 Å². The fourth-order valence-corrected chi connectivity index (χ4v) is 2.81. The maximum atomic E-state index is 12.0. The zero-order valence-electron chi connectivity index (χ0n) is 10.6. The molecule has 0 amide bonds. The van der Waals surface area contributed by atoms with E-state index in [-0.39, 0.29) is 10.7 Å². The van der Waals surface area contributed by atoms with Crippen molar-refractivity contribution in [1.29, 1.82) is 0 Å². The molecule has 0 bridgehead atoms. The Bertz CT molecular complexity index is 650. The minimum atomic E-state index is -3.60. The molecule has 3 N–H and O–H groups in total. The molecule has 0 saturated carbocycles. The molecular formula is C12H16N4O2S. The lowest BCUT2D eigenvalue weighted by molar-refractivity contribution is 0.582. The quantitative estimate of drug-likeness (QED) is 0.835. The zero-order chi connectivity index (χ0) is 13.9. The second kappa shape index (κ2) is 5.41. The van der Waals surface area contributed by atoms with Crippen LogP contribution in [0.4, 0.5) is 5.82 Å². The molecular weight excluding hydrogens is 264 g/mol. The van der Waals surface area contributed by atoms with Gasteiger partial charge in [0.15, 0.2) is 0 Å². The lowest BCUT2D eigenvalue weighted by Gasteiger charge is -2.06. The number of benzene rings is 1. The van der Waals surface area contributed by atoms with Gasteiger partial charge in [0, 0.05) is 13.6 Å². The molecule has 0 unspecified atom stereocenters. The molecule has 0 radical (unpaired) electrons. The maximum absolute atomic E-state index is 12.0. The second-order valence-corrected chi connectivity index (χ2v) is 5.89. The summed E-state index contributed by atoms with van der Waals surface area (Å²) in [6.45, 7) is 0.320. The number of hydrogen-bond donors (Lipinski definition) is 2. The number of nitrogens with zero attached hydrogens (tertiary/aromatic N) is 2. The van der Waals surface area contributed by atoms with Crippen molar-refractivity contribution in [2.45, 2.75) is 11.3 Å². The van der Waals surface area contributed by atoms with Gasteiger partial charge in [-0.3, -0.25) is 4.68 Å². The number of anilines is 1. The van der Waals surface area contributed by atoms with Crippen LogP contribution in [-0.4, -0.2) is 24.7 Å². The smallest absolute Gasteiger partial charge is 0.245 e. The lowest BCUT2D eigenvalue weighted by atomic mass is 10.2. The Morgan fingerprint density at radius 1 is 1.32 bits per heavy atom. The summed E-state index contributed by atoms with van der Waals surface area (Å²) in [5.74, 6) is 0.132. The van der Waals surface area contributed by atoms with Crippen molar-refractivity contribution in [3.63, 3.8) is 0 Å². The Morgan fingerprint density at radius 3 is 2.58 bits per heavy atom. The minimum absolute atomic E-state index is 0.0167. The average Bonchev–Trinajstić information content (AvgIpc) is 2.72. The van der Waals surface area contributed by atoms with Gasteiger partial charge in [-0.15, -0.1) is 0 Å². The number of nitrogens with one attached hydrogen (secondary N) is 1. The SMILES string of the molecule is Cn1ncc(S(=O)(=O)NCCc2ccccc2)c1N. The largest absolute Gasteiger partial charge is 0.383 e. The Balaban J connectivity index is 2.01. The molecule has 7 heteroatoms. The van der Waals surface area contributed by atoms with E-state index in [1.165, 1.54) is 10.9 Å². The van der Waals surface area contributed by atoms with Crippen LogP contribution in [0.2, 0.25) is 0 Å². The van der Waals surface area contributed by atoms with Crippen LogP contribution >= 0.6 is 0 Å². The summed E-state index contributed by atoms with van der Waals surface area (Å²) < 4.78 is 27.9. The van der Waals surface area contributed by atoms with Crippen LogP contribution in [0, 0.1) is 0 Å². The first kappa shape index (κ1) is 13.6. The van der Waals surface area contributed by atoms with Gasteiger partial charge >= 0.3 is 0 Å². The van der Waals surface area contributed by atoms with Crippen LogP contribution in [0.25, 0.3) is 0 Å². The highest BCUT2D eigenvalue weighted by Crippen LogP contribution is 2.15. The number of hydrogen-bond acceptors (Lipinski definition) is 4. The molecule has 6 nitrogen and oxygen atoms in total. The fraction of sp³-hybridized carbons (Fsp3) is 0.250. The fourth-order valence-electron chi connectivity index (χ4n) is 1.69. The summed E-state index contributed by atoms with van der Waals surface area (Å²) in [7, 11) is -2.00. The van der Waals surface area contributed by atoms with Crippen molar-refractivity contribution in [3.05, 3.63) is 42.1 Å². The van der Waals surface area contributed by atoms with Crippen molar-refractivity contribution in [3.8, 4) is 0 Å². The molecule has 0 atom stereocenters. The standard InChI is InChI=1S/C12H16N4O2S/c1-16-12(13)11(9-14-16)19(17,18)15-8-7-10-5-3-2-4-6-10/h2-6,9,15H,7-8,13H2,1H3. The molecule has 19 heavy (non-hydrogen) atoms. The van der Waals surface area contributed by atoms with E-state index < -0.39 is 10.0 Å². The normalized spacial score (nSPS) is 11.6. The number of nitrogens with two attached hydrogens (primary N) is 1. The van der Waals surface area contributed by atoms with Crippen LogP contribution in [-0.2, 0) is 23.5 Å². The molecule has 1 aromatic carbocycles. The first-order valence-corrected chi connectivity index (χ1v) is 7.30. The van der Waals surface area contributed by atoms with Crippen molar-refractivity contribution in [2.75, 3.05) is 12.3 Å². The van der Waals surface area contributed by atoms with Gasteiger partial charge in [-0.05, 0) is 12.0 Å². The van der Waals surface area contributed by atoms with E-state index >= 15 is 0 Å². The van der Waals surface area contributed by atoms with E-state index in [9.17, 15) is 8.42 Å². The van der Waals surface area contributed by atoms with E-state index in [1.807, 2.05) is 30.3 Å². The van der Waals surface area contributed by atoms with Gasteiger partial charge in [0.25, 0.3) is 0 Å². The first-order chi connectivity index (χ1) is 9.00. The molecule has 0 spiro atoms. The van der Waals surface area contributed by atoms with Gasteiger partial charge in [-0.2, -0.15) is 5.10 Å². The Morgan fingerprint density at radius 2 is 2.00 bits per heavy atom. The summed E-state index contributed by atoms with van der Waals surface area (Å²) in [6.07, 6.45) is 1.88. The Hall–Kier alpha value is -1.86. The summed E-state index contributed by atoms with van der Waals surface area (Å²) in [5, 5.41) is 3.82. The summed E-state index contributed by atoms with van der Waals surface area (Å²) in [4.78, 5) is 0.0167. The molecule has 0 fully saturated rings. The predicted octanol–water partition coefficient (Wildman–Crippen LogP) is 0.523. The predicted molar refractivity (Wildman–Crippen MR) is 73.0 cm³/mol. The molecule has 1 aromatic heterocycles. The van der Waals surface area contributed by atoms with E-state index in [0.717, 1.165) is 5.56 Å². The topological polar surface area (TPSA) is 90.0 Å². The van der Waals surface area contributed by atoms with E-state index in [0.29, 0.717) is 13.0 Å². The minimum Gasteiger partial charge on any atom is -0.383 e. The first-order valence-electron chi connectivity index (χ1n) is 5.82. The van der Waals surface area contributed by atoms with Crippen molar-refractivity contribution in [1.82, 2.24) is 14.5 Å². The maximum Gasteiger partial charge on any atom is 0.245 e. The van der Waals surface area contributed by atoms with Crippen molar-refractivity contribution >= 4 is 15.8 Å². The average molecular weight is 280 g/mol. The Labute approximate surface area is 112 Å². The van der Waals surface area contributed by atoms with Gasteiger partial charge in [-0.1, -0.05) is 30.3 Å². The molecule has 0 aliphatic rings. The lowest BCUT2D eigenvalue weighted by Crippen LogP contribution is -2.26. The van der Waals surface area contributed by atoms with E-state index in [1.54, 1.807) is 7.05 Å². The van der Waals surface area contributed by atoms with Crippen LogP contribution in [0.5, 0.6) is 0 Å². The molecule has 1 heterocycles. The zero-order valence-corrected chi connectivity index (χ0v) is 11.4. The highest BCUT2D eigenvalue weighted by Gasteiger charge is 2.19. The number of sulfonamides is 1. The third-order valence-corrected chi connectivity index (χ3v) is 4.27. The molecule has 102 valence electrons. The highest BCUT2D eigenvalue weighted by atomic mass is 32.2. The Kier molecular flexibility index (Phi) is 3.87. The van der Waals surface area contributed by atoms with Crippen LogP contribution < -0.4 is 10.5 Å². The molecule has 0 aliphatic heterocycles. The highest BCUT2D eigenvalue weighted by molar-refractivity contribution is 7.89. The molecule has 0 aliphatic carbocycles. The van der Waals surface area contributed by atoms with Gasteiger partial charge < -0.3 is 5.73 Å². The summed E-state index contributed by atoms with van der Waals surface area (Å²) in [5.41, 5.74) is 6.73.